The first-order valence-corrected chi connectivity index (χ1v) is 5.67. The van der Waals surface area contributed by atoms with Crippen LogP contribution in [0.5, 0.6) is 0 Å². The summed E-state index contributed by atoms with van der Waals surface area (Å²) in [7, 11) is 0. The predicted molar refractivity (Wildman–Crippen MR) is 71.0 cm³/mol. The normalized spacial score (nSPS) is 15.1. The topological polar surface area (TPSA) is 0 Å². The fourth-order valence-electron chi connectivity index (χ4n) is 1.06. The zero-order valence-electron chi connectivity index (χ0n) is 10.8. The first-order valence-electron chi connectivity index (χ1n) is 5.67. The van der Waals surface area contributed by atoms with Crippen molar-refractivity contribution in [1.82, 2.24) is 0 Å². The lowest BCUT2D eigenvalue weighted by Gasteiger charge is -1.96. The fourth-order valence-corrected chi connectivity index (χ4v) is 1.06. The smallest absolute Gasteiger partial charge is 0.0136 e. The van der Waals surface area contributed by atoms with Crippen molar-refractivity contribution in [1.29, 1.82) is 0 Å². The van der Waals surface area contributed by atoms with Crippen molar-refractivity contribution < 1.29 is 0 Å². The molecule has 0 bridgehead atoms. The highest BCUT2D eigenvalue weighted by Crippen LogP contribution is 2.07. The van der Waals surface area contributed by atoms with E-state index in [-0.39, 0.29) is 0 Å². The van der Waals surface area contributed by atoms with Crippen molar-refractivity contribution in [2.45, 2.75) is 47.5 Å². The summed E-state index contributed by atoms with van der Waals surface area (Å²) in [6, 6.07) is 0. The number of hydrogen-bond donors (Lipinski definition) is 0. The van der Waals surface area contributed by atoms with Gasteiger partial charge in [0.05, 0.1) is 0 Å². The Labute approximate surface area is 95.1 Å². The van der Waals surface area contributed by atoms with E-state index in [1.807, 2.05) is 0 Å². The second-order valence-corrected chi connectivity index (χ2v) is 4.03. The molecule has 0 unspecified atom stereocenters. The van der Waals surface area contributed by atoms with Crippen molar-refractivity contribution in [2.75, 3.05) is 0 Å². The summed E-state index contributed by atoms with van der Waals surface area (Å²) in [6.45, 7) is 10.7. The SMILES string of the molecule is C/C=C(\C)C/C=C/C(C)=C/C/C(C)=C/C. The van der Waals surface area contributed by atoms with Crippen LogP contribution in [0.15, 0.2) is 47.1 Å². The average Bonchev–Trinajstić information content (AvgIpc) is 2.25. The first kappa shape index (κ1) is 14.0. The zero-order valence-corrected chi connectivity index (χ0v) is 10.8. The summed E-state index contributed by atoms with van der Waals surface area (Å²) in [6.07, 6.45) is 13.2. The molecule has 0 nitrogen and oxygen atoms in total. The van der Waals surface area contributed by atoms with Gasteiger partial charge in [0.15, 0.2) is 0 Å². The third kappa shape index (κ3) is 7.99. The highest BCUT2D eigenvalue weighted by molar-refractivity contribution is 5.20. The van der Waals surface area contributed by atoms with E-state index in [0.717, 1.165) is 12.8 Å². The van der Waals surface area contributed by atoms with Crippen molar-refractivity contribution in [2.24, 2.45) is 0 Å². The Balaban J connectivity index is 4.07. The summed E-state index contributed by atoms with van der Waals surface area (Å²) in [5.41, 5.74) is 4.19. The van der Waals surface area contributed by atoms with Crippen LogP contribution < -0.4 is 0 Å². The van der Waals surface area contributed by atoms with Crippen LogP contribution in [-0.2, 0) is 0 Å². The Kier molecular flexibility index (Phi) is 7.71. The highest BCUT2D eigenvalue weighted by atomic mass is 13.9. The highest BCUT2D eigenvalue weighted by Gasteiger charge is 1.86. The van der Waals surface area contributed by atoms with Crippen LogP contribution in [0.2, 0.25) is 0 Å². The van der Waals surface area contributed by atoms with Gasteiger partial charge in [0.1, 0.15) is 0 Å². The molecular weight excluding hydrogens is 180 g/mol. The molecule has 0 amide bonds. The predicted octanol–water partition coefficient (Wildman–Crippen LogP) is 5.20. The largest absolute Gasteiger partial charge is 0.0884 e. The van der Waals surface area contributed by atoms with Crippen LogP contribution >= 0.6 is 0 Å². The van der Waals surface area contributed by atoms with E-state index in [0.29, 0.717) is 0 Å². The lowest BCUT2D eigenvalue weighted by molar-refractivity contribution is 1.17. The third-order valence-electron chi connectivity index (χ3n) is 2.55. The minimum Gasteiger partial charge on any atom is -0.0884 e. The minimum atomic E-state index is 1.06. The number of rotatable bonds is 5. The van der Waals surface area contributed by atoms with Gasteiger partial charge >= 0.3 is 0 Å². The maximum absolute atomic E-state index is 2.27. The van der Waals surface area contributed by atoms with Crippen LogP contribution in [0.25, 0.3) is 0 Å². The molecule has 0 aliphatic heterocycles. The summed E-state index contributed by atoms with van der Waals surface area (Å²) >= 11 is 0. The van der Waals surface area contributed by atoms with Gasteiger partial charge in [-0.15, -0.1) is 0 Å². The molecule has 0 spiro atoms. The summed E-state index contributed by atoms with van der Waals surface area (Å²) in [5.74, 6) is 0. The van der Waals surface area contributed by atoms with E-state index in [1.54, 1.807) is 0 Å². The lowest BCUT2D eigenvalue weighted by atomic mass is 10.1. The van der Waals surface area contributed by atoms with E-state index in [1.165, 1.54) is 16.7 Å². The first-order chi connectivity index (χ1) is 7.10. The van der Waals surface area contributed by atoms with E-state index in [2.05, 4.69) is 65.0 Å². The molecule has 0 atom stereocenters. The molecule has 0 fully saturated rings. The van der Waals surface area contributed by atoms with Crippen molar-refractivity contribution in [3.63, 3.8) is 0 Å². The molecule has 0 aromatic rings. The molecule has 0 aromatic carbocycles. The summed E-state index contributed by atoms with van der Waals surface area (Å²) < 4.78 is 0. The van der Waals surface area contributed by atoms with Gasteiger partial charge in [0, 0.05) is 0 Å². The lowest BCUT2D eigenvalue weighted by Crippen LogP contribution is -1.75. The molecule has 0 aliphatic carbocycles. The average molecular weight is 204 g/mol. The third-order valence-corrected chi connectivity index (χ3v) is 2.55. The summed E-state index contributed by atoms with van der Waals surface area (Å²) in [5, 5.41) is 0. The Morgan fingerprint density at radius 3 is 1.93 bits per heavy atom. The van der Waals surface area contributed by atoms with Crippen molar-refractivity contribution >= 4 is 0 Å². The van der Waals surface area contributed by atoms with Gasteiger partial charge in [-0.2, -0.15) is 0 Å². The minimum absolute atomic E-state index is 1.06. The van der Waals surface area contributed by atoms with Crippen molar-refractivity contribution in [3.05, 3.63) is 47.1 Å². The number of allylic oxidation sites excluding steroid dienone is 8. The van der Waals surface area contributed by atoms with Gasteiger partial charge in [-0.25, -0.2) is 0 Å². The maximum Gasteiger partial charge on any atom is -0.0136 e. The molecule has 0 aliphatic rings. The van der Waals surface area contributed by atoms with Crippen LogP contribution in [0.4, 0.5) is 0 Å². The van der Waals surface area contributed by atoms with Crippen LogP contribution in [0, 0.1) is 0 Å². The monoisotopic (exact) mass is 204 g/mol. The standard InChI is InChI=1S/C15H24/c1-6-13(3)9-8-10-15(5)12-11-14(4)7-2/h6-8,10,12H,9,11H2,1-5H3/b10-8+,13-6+,14-7+,15-12+. The zero-order chi connectivity index (χ0) is 11.7. The van der Waals surface area contributed by atoms with E-state index < -0.39 is 0 Å². The van der Waals surface area contributed by atoms with Gasteiger partial charge in [0.25, 0.3) is 0 Å². The van der Waals surface area contributed by atoms with Crippen molar-refractivity contribution in [3.8, 4) is 0 Å². The maximum atomic E-state index is 2.27. The van der Waals surface area contributed by atoms with E-state index in [9.17, 15) is 0 Å². The Hall–Kier alpha value is -1.04. The van der Waals surface area contributed by atoms with Crippen LogP contribution in [0.3, 0.4) is 0 Å². The van der Waals surface area contributed by atoms with Crippen LogP contribution in [-0.4, -0.2) is 0 Å². The quantitative estimate of drug-likeness (QED) is 0.426. The molecular formula is C15H24. The van der Waals surface area contributed by atoms with Gasteiger partial charge in [0.2, 0.25) is 0 Å². The Bertz CT molecular complexity index is 285. The molecule has 0 aromatic heterocycles. The molecule has 0 heteroatoms. The number of hydrogen-bond acceptors (Lipinski definition) is 0. The van der Waals surface area contributed by atoms with Gasteiger partial charge in [-0.3, -0.25) is 0 Å². The van der Waals surface area contributed by atoms with Gasteiger partial charge < -0.3 is 0 Å². The summed E-state index contributed by atoms with van der Waals surface area (Å²) in [4.78, 5) is 0. The van der Waals surface area contributed by atoms with E-state index >= 15 is 0 Å². The molecule has 15 heavy (non-hydrogen) atoms. The molecule has 0 saturated carbocycles. The van der Waals surface area contributed by atoms with Gasteiger partial charge in [-0.1, -0.05) is 47.1 Å². The fraction of sp³-hybridized carbons (Fsp3) is 0.467. The molecule has 84 valence electrons. The molecule has 0 rings (SSSR count). The molecule has 0 heterocycles. The molecule has 0 N–H and O–H groups in total. The second-order valence-electron chi connectivity index (χ2n) is 4.03. The Morgan fingerprint density at radius 1 is 0.867 bits per heavy atom. The van der Waals surface area contributed by atoms with Crippen LogP contribution in [0.1, 0.15) is 47.5 Å². The van der Waals surface area contributed by atoms with Gasteiger partial charge in [-0.05, 0) is 47.5 Å². The molecule has 0 radical (unpaired) electrons. The van der Waals surface area contributed by atoms with E-state index in [4.69, 9.17) is 0 Å². The molecule has 0 saturated heterocycles. The Morgan fingerprint density at radius 2 is 1.40 bits per heavy atom. The second kappa shape index (κ2) is 8.28.